The van der Waals surface area contributed by atoms with E-state index in [9.17, 15) is 10.2 Å². The van der Waals surface area contributed by atoms with Gasteiger partial charge in [0.2, 0.25) is 0 Å². The van der Waals surface area contributed by atoms with Crippen LogP contribution in [0.15, 0.2) is 29.6 Å². The summed E-state index contributed by atoms with van der Waals surface area (Å²) in [4.78, 5) is 3.53. The second kappa shape index (κ2) is 3.96. The van der Waals surface area contributed by atoms with Gasteiger partial charge in [0.05, 0.1) is 5.69 Å². The number of benzene rings is 1. The summed E-state index contributed by atoms with van der Waals surface area (Å²) in [6, 6.07) is 6.78. The van der Waals surface area contributed by atoms with Gasteiger partial charge in [0.15, 0.2) is 0 Å². The standard InChI is InChI=1S/C13H13NO2S/c15-10-1-2-12(16)11(7-10)14-5-3-13-9(8-14)4-6-17-13/h1-2,4,6-7,15-16H,3,5,8H2. The molecule has 2 heterocycles. The van der Waals surface area contributed by atoms with Gasteiger partial charge in [-0.2, -0.15) is 0 Å². The lowest BCUT2D eigenvalue weighted by Gasteiger charge is -2.29. The Kier molecular flexibility index (Phi) is 2.44. The van der Waals surface area contributed by atoms with E-state index in [1.54, 1.807) is 17.4 Å². The molecule has 1 aromatic heterocycles. The molecule has 0 aliphatic carbocycles. The predicted octanol–water partition coefficient (Wildman–Crippen LogP) is 2.72. The summed E-state index contributed by atoms with van der Waals surface area (Å²) in [7, 11) is 0. The number of nitrogens with zero attached hydrogens (tertiary/aromatic N) is 1. The van der Waals surface area contributed by atoms with E-state index in [0.29, 0.717) is 5.69 Å². The molecule has 0 atom stereocenters. The van der Waals surface area contributed by atoms with E-state index in [4.69, 9.17) is 0 Å². The van der Waals surface area contributed by atoms with Gasteiger partial charge in [-0.3, -0.25) is 0 Å². The van der Waals surface area contributed by atoms with Crippen molar-refractivity contribution in [3.63, 3.8) is 0 Å². The maximum atomic E-state index is 9.84. The normalized spacial score (nSPS) is 14.7. The molecule has 88 valence electrons. The lowest BCUT2D eigenvalue weighted by Crippen LogP contribution is -2.29. The van der Waals surface area contributed by atoms with Crippen LogP contribution in [-0.4, -0.2) is 16.8 Å². The van der Waals surface area contributed by atoms with Crippen LogP contribution in [-0.2, 0) is 13.0 Å². The molecule has 2 N–H and O–H groups in total. The Hall–Kier alpha value is -1.68. The van der Waals surface area contributed by atoms with E-state index >= 15 is 0 Å². The fourth-order valence-electron chi connectivity index (χ4n) is 2.22. The maximum Gasteiger partial charge on any atom is 0.139 e. The van der Waals surface area contributed by atoms with Crippen molar-refractivity contribution in [2.24, 2.45) is 0 Å². The molecule has 1 aliphatic rings. The first-order valence-electron chi connectivity index (χ1n) is 5.56. The highest BCUT2D eigenvalue weighted by Crippen LogP contribution is 2.35. The van der Waals surface area contributed by atoms with Crippen molar-refractivity contribution in [3.05, 3.63) is 40.1 Å². The molecule has 0 spiro atoms. The van der Waals surface area contributed by atoms with Crippen molar-refractivity contribution in [2.75, 3.05) is 11.4 Å². The Morgan fingerprint density at radius 1 is 1.18 bits per heavy atom. The summed E-state index contributed by atoms with van der Waals surface area (Å²) in [5, 5.41) is 21.4. The van der Waals surface area contributed by atoms with Gasteiger partial charge in [-0.1, -0.05) is 0 Å². The number of phenolic OH excluding ortho intramolecular Hbond substituents is 2. The second-order valence-corrected chi connectivity index (χ2v) is 5.21. The minimum absolute atomic E-state index is 0.189. The molecule has 0 fully saturated rings. The van der Waals surface area contributed by atoms with E-state index in [1.807, 2.05) is 0 Å². The Balaban J connectivity index is 1.94. The van der Waals surface area contributed by atoms with Gasteiger partial charge < -0.3 is 15.1 Å². The molecule has 0 saturated heterocycles. The van der Waals surface area contributed by atoms with Crippen molar-refractivity contribution in [3.8, 4) is 11.5 Å². The molecule has 4 heteroatoms. The molecule has 3 rings (SSSR count). The second-order valence-electron chi connectivity index (χ2n) is 4.21. The van der Waals surface area contributed by atoms with Gasteiger partial charge in [-0.25, -0.2) is 0 Å². The fourth-order valence-corrected chi connectivity index (χ4v) is 3.11. The maximum absolute atomic E-state index is 9.84. The highest BCUT2D eigenvalue weighted by molar-refractivity contribution is 7.10. The molecule has 1 aromatic carbocycles. The van der Waals surface area contributed by atoms with Crippen molar-refractivity contribution in [2.45, 2.75) is 13.0 Å². The van der Waals surface area contributed by atoms with Crippen LogP contribution in [0, 0.1) is 0 Å². The van der Waals surface area contributed by atoms with E-state index in [1.165, 1.54) is 22.6 Å². The highest BCUT2D eigenvalue weighted by atomic mass is 32.1. The number of rotatable bonds is 1. The van der Waals surface area contributed by atoms with Gasteiger partial charge in [-0.05, 0) is 35.6 Å². The molecule has 0 unspecified atom stereocenters. The van der Waals surface area contributed by atoms with Gasteiger partial charge in [0, 0.05) is 24.0 Å². The van der Waals surface area contributed by atoms with Crippen molar-refractivity contribution >= 4 is 17.0 Å². The van der Waals surface area contributed by atoms with Crippen LogP contribution in [0.25, 0.3) is 0 Å². The van der Waals surface area contributed by atoms with E-state index in [2.05, 4.69) is 16.3 Å². The van der Waals surface area contributed by atoms with E-state index in [-0.39, 0.29) is 11.5 Å². The lowest BCUT2D eigenvalue weighted by molar-refractivity contribution is 0.458. The first kappa shape index (κ1) is 10.5. The Bertz CT molecular complexity index is 550. The Morgan fingerprint density at radius 3 is 2.94 bits per heavy atom. The van der Waals surface area contributed by atoms with Crippen molar-refractivity contribution in [1.29, 1.82) is 0 Å². The van der Waals surface area contributed by atoms with E-state index < -0.39 is 0 Å². The van der Waals surface area contributed by atoms with Crippen LogP contribution in [0.3, 0.4) is 0 Å². The molecule has 17 heavy (non-hydrogen) atoms. The molecular weight excluding hydrogens is 234 g/mol. The number of hydrogen-bond acceptors (Lipinski definition) is 4. The average molecular weight is 247 g/mol. The summed E-state index contributed by atoms with van der Waals surface area (Å²) in [5.74, 6) is 0.412. The van der Waals surface area contributed by atoms with Crippen LogP contribution in [0.5, 0.6) is 11.5 Å². The molecular formula is C13H13NO2S. The minimum atomic E-state index is 0.189. The van der Waals surface area contributed by atoms with Crippen LogP contribution >= 0.6 is 11.3 Å². The van der Waals surface area contributed by atoms with Crippen molar-refractivity contribution in [1.82, 2.24) is 0 Å². The zero-order valence-electron chi connectivity index (χ0n) is 9.26. The first-order valence-corrected chi connectivity index (χ1v) is 6.44. The smallest absolute Gasteiger partial charge is 0.139 e. The topological polar surface area (TPSA) is 43.7 Å². The zero-order valence-corrected chi connectivity index (χ0v) is 10.1. The van der Waals surface area contributed by atoms with E-state index in [0.717, 1.165) is 19.5 Å². The molecule has 3 nitrogen and oxygen atoms in total. The third-order valence-electron chi connectivity index (χ3n) is 3.11. The van der Waals surface area contributed by atoms with Crippen molar-refractivity contribution < 1.29 is 10.2 Å². The monoisotopic (exact) mass is 247 g/mol. The number of phenols is 2. The summed E-state index contributed by atoms with van der Waals surface area (Å²) in [6.45, 7) is 1.68. The van der Waals surface area contributed by atoms with Gasteiger partial charge in [-0.15, -0.1) is 11.3 Å². The molecule has 0 bridgehead atoms. The predicted molar refractivity (Wildman–Crippen MR) is 68.8 cm³/mol. The summed E-state index contributed by atoms with van der Waals surface area (Å²) >= 11 is 1.79. The number of thiophene rings is 1. The SMILES string of the molecule is Oc1ccc(O)c(N2CCc3sccc3C2)c1. The zero-order chi connectivity index (χ0) is 11.8. The number of fused-ring (bicyclic) bond motifs is 1. The lowest BCUT2D eigenvalue weighted by atomic mass is 10.1. The minimum Gasteiger partial charge on any atom is -0.508 e. The number of aromatic hydroxyl groups is 2. The summed E-state index contributed by atoms with van der Waals surface area (Å²) in [5.41, 5.74) is 2.03. The van der Waals surface area contributed by atoms with Crippen LogP contribution in [0.4, 0.5) is 5.69 Å². The third kappa shape index (κ3) is 1.85. The molecule has 0 saturated carbocycles. The van der Waals surface area contributed by atoms with Crippen LogP contribution < -0.4 is 4.90 Å². The van der Waals surface area contributed by atoms with Gasteiger partial charge in [0.1, 0.15) is 11.5 Å². The van der Waals surface area contributed by atoms with Gasteiger partial charge in [0.25, 0.3) is 0 Å². The first-order chi connectivity index (χ1) is 8.24. The average Bonchev–Trinajstić information content (AvgIpc) is 2.79. The highest BCUT2D eigenvalue weighted by Gasteiger charge is 2.19. The molecule has 0 radical (unpaired) electrons. The molecule has 0 amide bonds. The number of hydrogen-bond donors (Lipinski definition) is 2. The van der Waals surface area contributed by atoms with Gasteiger partial charge >= 0.3 is 0 Å². The fraction of sp³-hybridized carbons (Fsp3) is 0.231. The molecule has 2 aromatic rings. The summed E-state index contributed by atoms with van der Waals surface area (Å²) in [6.07, 6.45) is 1.00. The Labute approximate surface area is 104 Å². The largest absolute Gasteiger partial charge is 0.508 e. The number of anilines is 1. The quantitative estimate of drug-likeness (QED) is 0.761. The third-order valence-corrected chi connectivity index (χ3v) is 4.13. The van der Waals surface area contributed by atoms with Crippen LogP contribution in [0.2, 0.25) is 0 Å². The molecule has 1 aliphatic heterocycles. The van der Waals surface area contributed by atoms with Crippen LogP contribution in [0.1, 0.15) is 10.4 Å². The summed E-state index contributed by atoms with van der Waals surface area (Å²) < 4.78 is 0. The Morgan fingerprint density at radius 2 is 2.06 bits per heavy atom.